The first-order valence-electron chi connectivity index (χ1n) is 11.7. The Balaban J connectivity index is 0.000000158. The molecule has 0 aliphatic carbocycles. The van der Waals surface area contributed by atoms with Gasteiger partial charge in [0.15, 0.2) is 0 Å². The lowest BCUT2D eigenvalue weighted by molar-refractivity contribution is -0.140. The number of nitrogens with zero attached hydrogens (tertiary/aromatic N) is 5. The highest BCUT2D eigenvalue weighted by molar-refractivity contribution is 6.45. The second-order valence-electron chi connectivity index (χ2n) is 8.56. The average Bonchev–Trinajstić information content (AvgIpc) is 3.52. The first-order valence-corrected chi connectivity index (χ1v) is 13.3. The molecule has 11 nitrogen and oxygen atoms in total. The number of carboxylic acid groups (broad SMARTS) is 1. The summed E-state index contributed by atoms with van der Waals surface area (Å²) in [5, 5.41) is 40.2. The fourth-order valence-corrected chi connectivity index (χ4v) is 4.99. The van der Waals surface area contributed by atoms with Gasteiger partial charge in [-0.3, -0.25) is 14.2 Å². The zero-order valence-corrected chi connectivity index (χ0v) is 23.4. The SMILES string of the molecule is Clc1ccc2c3n(nc2c1Cl)CCNC3.O=C(CO)N1CCn2nc3c(Cl)c(Cl)ccc3c2C1.O=C(O)CO. The van der Waals surface area contributed by atoms with E-state index in [4.69, 9.17) is 66.5 Å². The number of nitrogens with one attached hydrogen (secondary N) is 1. The number of carbonyl (C=O) groups excluding carboxylic acids is 1. The van der Waals surface area contributed by atoms with Crippen molar-refractivity contribution >= 4 is 80.1 Å². The number of aliphatic carboxylic acids is 1. The lowest BCUT2D eigenvalue weighted by atomic mass is 10.2. The minimum atomic E-state index is -1.19. The van der Waals surface area contributed by atoms with Crippen LogP contribution in [0.25, 0.3) is 21.8 Å². The highest BCUT2D eigenvalue weighted by Crippen LogP contribution is 2.34. The zero-order valence-electron chi connectivity index (χ0n) is 20.4. The number of carboxylic acids is 1. The quantitative estimate of drug-likeness (QED) is 0.268. The van der Waals surface area contributed by atoms with Crippen LogP contribution in [-0.2, 0) is 35.8 Å². The molecule has 4 heterocycles. The fourth-order valence-electron chi connectivity index (χ4n) is 4.28. The second-order valence-corrected chi connectivity index (χ2v) is 10.1. The van der Waals surface area contributed by atoms with Crippen molar-refractivity contribution in [2.75, 3.05) is 26.3 Å². The molecular weight excluding hydrogens is 594 g/mol. The normalized spacial score (nSPS) is 14.2. The van der Waals surface area contributed by atoms with E-state index in [-0.39, 0.29) is 5.91 Å². The third kappa shape index (κ3) is 6.25. The molecule has 2 aliphatic rings. The van der Waals surface area contributed by atoms with Crippen molar-refractivity contribution in [1.29, 1.82) is 0 Å². The van der Waals surface area contributed by atoms with Gasteiger partial charge in [0, 0.05) is 30.4 Å². The van der Waals surface area contributed by atoms with E-state index in [1.54, 1.807) is 11.0 Å². The highest BCUT2D eigenvalue weighted by atomic mass is 35.5. The summed E-state index contributed by atoms with van der Waals surface area (Å²) in [6, 6.07) is 7.38. The van der Waals surface area contributed by atoms with Gasteiger partial charge in [0.1, 0.15) is 24.2 Å². The van der Waals surface area contributed by atoms with Crippen LogP contribution in [0.3, 0.4) is 0 Å². The largest absolute Gasteiger partial charge is 0.480 e. The molecule has 208 valence electrons. The average molecular weight is 618 g/mol. The Kier molecular flexibility index (Phi) is 9.55. The Morgan fingerprint density at radius 1 is 0.821 bits per heavy atom. The van der Waals surface area contributed by atoms with Crippen LogP contribution in [0.15, 0.2) is 24.3 Å². The molecule has 1 amide bonds. The van der Waals surface area contributed by atoms with Crippen molar-refractivity contribution in [3.63, 3.8) is 0 Å². The number of halogens is 4. The van der Waals surface area contributed by atoms with Gasteiger partial charge in [0.25, 0.3) is 0 Å². The molecule has 15 heteroatoms. The van der Waals surface area contributed by atoms with Crippen LogP contribution in [0.4, 0.5) is 0 Å². The smallest absolute Gasteiger partial charge is 0.329 e. The summed E-state index contributed by atoms with van der Waals surface area (Å²) in [6.45, 7) is 2.97. The third-order valence-electron chi connectivity index (χ3n) is 6.16. The van der Waals surface area contributed by atoms with Crippen molar-refractivity contribution in [2.24, 2.45) is 0 Å². The van der Waals surface area contributed by atoms with E-state index in [1.165, 1.54) is 5.69 Å². The van der Waals surface area contributed by atoms with Gasteiger partial charge >= 0.3 is 5.97 Å². The van der Waals surface area contributed by atoms with Crippen molar-refractivity contribution in [3.8, 4) is 0 Å². The van der Waals surface area contributed by atoms with Gasteiger partial charge in [0.05, 0.1) is 51.1 Å². The van der Waals surface area contributed by atoms with E-state index in [9.17, 15) is 4.79 Å². The number of carbonyl (C=O) groups is 2. The Bertz CT molecular complexity index is 1540. The van der Waals surface area contributed by atoms with Crippen LogP contribution in [0.1, 0.15) is 11.4 Å². The topological polar surface area (TPSA) is 146 Å². The molecule has 2 aromatic carbocycles. The summed E-state index contributed by atoms with van der Waals surface area (Å²) < 4.78 is 3.84. The van der Waals surface area contributed by atoms with Gasteiger partial charge in [-0.05, 0) is 24.3 Å². The molecule has 0 saturated carbocycles. The predicted octanol–water partition coefficient (Wildman–Crippen LogP) is 3.19. The number of amides is 1. The number of hydrogen-bond acceptors (Lipinski definition) is 7. The minimum Gasteiger partial charge on any atom is -0.480 e. The van der Waals surface area contributed by atoms with E-state index in [0.29, 0.717) is 45.2 Å². The Morgan fingerprint density at radius 2 is 1.36 bits per heavy atom. The summed E-state index contributed by atoms with van der Waals surface area (Å²) in [4.78, 5) is 22.3. The fraction of sp³-hybridized carbons (Fsp3) is 0.333. The Labute approximate surface area is 242 Å². The molecule has 6 rings (SSSR count). The lowest BCUT2D eigenvalue weighted by Crippen LogP contribution is -2.39. The molecule has 4 N–H and O–H groups in total. The van der Waals surface area contributed by atoms with E-state index >= 15 is 0 Å². The van der Waals surface area contributed by atoms with Crippen molar-refractivity contribution < 1.29 is 24.9 Å². The first-order chi connectivity index (χ1) is 18.7. The monoisotopic (exact) mass is 616 g/mol. The molecule has 0 atom stereocenters. The molecule has 4 aromatic rings. The van der Waals surface area contributed by atoms with Gasteiger partial charge in [-0.25, -0.2) is 4.79 Å². The van der Waals surface area contributed by atoms with Gasteiger partial charge in [-0.1, -0.05) is 46.4 Å². The number of benzene rings is 2. The second kappa shape index (κ2) is 12.7. The van der Waals surface area contributed by atoms with E-state index in [1.807, 2.05) is 27.6 Å². The maximum absolute atomic E-state index is 11.6. The van der Waals surface area contributed by atoms with Gasteiger partial charge in [-0.15, -0.1) is 0 Å². The first kappa shape index (κ1) is 29.3. The Hall–Kier alpha value is -2.64. The number of hydrogen-bond donors (Lipinski definition) is 4. The van der Waals surface area contributed by atoms with Gasteiger partial charge < -0.3 is 25.5 Å². The molecule has 0 spiro atoms. The number of rotatable bonds is 2. The van der Waals surface area contributed by atoms with Crippen LogP contribution in [0.5, 0.6) is 0 Å². The standard InChI is InChI=1S/C12H11Cl2N3O2.C10H9Cl2N3.C2H4O3/c13-8-2-1-7-9-5-16(10(19)6-18)3-4-17(9)15-12(7)11(8)14;11-7-2-1-6-8-5-13-3-4-15(8)14-10(6)9(7)12;3-1-2(4)5/h1-2,18H,3-6H2;1-2,13H,3-5H2;3H,1H2,(H,4,5). The zero-order chi connectivity index (χ0) is 28.3. The summed E-state index contributed by atoms with van der Waals surface area (Å²) in [7, 11) is 0. The molecule has 0 saturated heterocycles. The van der Waals surface area contributed by atoms with Crippen LogP contribution in [0.2, 0.25) is 20.1 Å². The molecule has 39 heavy (non-hydrogen) atoms. The Morgan fingerprint density at radius 3 is 1.90 bits per heavy atom. The van der Waals surface area contributed by atoms with Crippen LogP contribution in [0, 0.1) is 0 Å². The number of aliphatic hydroxyl groups excluding tert-OH is 2. The molecule has 2 aliphatic heterocycles. The summed E-state index contributed by atoms with van der Waals surface area (Å²) in [5.74, 6) is -1.47. The molecule has 2 aromatic heterocycles. The van der Waals surface area contributed by atoms with Crippen LogP contribution < -0.4 is 5.32 Å². The number of aromatic nitrogens is 4. The van der Waals surface area contributed by atoms with Crippen molar-refractivity contribution in [2.45, 2.75) is 26.2 Å². The van der Waals surface area contributed by atoms with Gasteiger partial charge in [-0.2, -0.15) is 10.2 Å². The van der Waals surface area contributed by atoms with E-state index < -0.39 is 19.2 Å². The minimum absolute atomic E-state index is 0.277. The summed E-state index contributed by atoms with van der Waals surface area (Å²) in [6.07, 6.45) is 0. The predicted molar refractivity (Wildman–Crippen MR) is 148 cm³/mol. The van der Waals surface area contributed by atoms with Crippen molar-refractivity contribution in [1.82, 2.24) is 29.8 Å². The van der Waals surface area contributed by atoms with E-state index in [2.05, 4.69) is 15.5 Å². The lowest BCUT2D eigenvalue weighted by Gasteiger charge is -2.27. The maximum Gasteiger partial charge on any atom is 0.329 e. The molecule has 0 unspecified atom stereocenters. The summed E-state index contributed by atoms with van der Waals surface area (Å²) in [5.41, 5.74) is 3.57. The van der Waals surface area contributed by atoms with Crippen LogP contribution in [-0.4, -0.2) is 78.0 Å². The molecule has 0 bridgehead atoms. The van der Waals surface area contributed by atoms with Crippen LogP contribution >= 0.6 is 46.4 Å². The number of fused-ring (bicyclic) bond motifs is 6. The summed E-state index contributed by atoms with van der Waals surface area (Å²) >= 11 is 24.2. The molecular formula is C24H24Cl4N6O5. The number of aliphatic hydroxyl groups is 2. The van der Waals surface area contributed by atoms with Gasteiger partial charge in [0.2, 0.25) is 5.91 Å². The molecule has 0 radical (unpaired) electrons. The molecule has 0 fully saturated rings. The third-order valence-corrected chi connectivity index (χ3v) is 7.75. The maximum atomic E-state index is 11.6. The van der Waals surface area contributed by atoms with E-state index in [0.717, 1.165) is 41.6 Å². The highest BCUT2D eigenvalue weighted by Gasteiger charge is 2.24. The van der Waals surface area contributed by atoms with Crippen molar-refractivity contribution in [3.05, 3.63) is 55.7 Å².